The third-order valence-corrected chi connectivity index (χ3v) is 6.25. The second kappa shape index (κ2) is 11.0. The van der Waals surface area contributed by atoms with Crippen LogP contribution in [0.1, 0.15) is 34.9 Å². The molecule has 2 heterocycles. The highest BCUT2D eigenvalue weighted by atomic mass is 32.1. The van der Waals surface area contributed by atoms with Crippen LogP contribution in [0.2, 0.25) is 0 Å². The van der Waals surface area contributed by atoms with E-state index in [9.17, 15) is 4.79 Å². The molecule has 0 saturated heterocycles. The minimum atomic E-state index is 0.177. The minimum Gasteiger partial charge on any atom is -0.496 e. The van der Waals surface area contributed by atoms with Crippen LogP contribution in [0.15, 0.2) is 34.6 Å². The van der Waals surface area contributed by atoms with Gasteiger partial charge in [0.15, 0.2) is 5.96 Å². The lowest BCUT2D eigenvalue weighted by Gasteiger charge is -2.26. The second-order valence-electron chi connectivity index (χ2n) is 7.44. The van der Waals surface area contributed by atoms with Crippen molar-refractivity contribution in [3.05, 3.63) is 51.2 Å². The van der Waals surface area contributed by atoms with Gasteiger partial charge in [-0.15, -0.1) is 11.3 Å². The number of benzene rings is 1. The van der Waals surface area contributed by atoms with E-state index in [0.29, 0.717) is 13.0 Å². The molecule has 0 fully saturated rings. The quantitative estimate of drug-likeness (QED) is 0.501. The number of carbonyl (C=O) groups excluding carboxylic acids is 1. The van der Waals surface area contributed by atoms with E-state index in [2.05, 4.69) is 46.1 Å². The number of nitrogens with one attached hydrogen (secondary N) is 2. The van der Waals surface area contributed by atoms with E-state index in [-0.39, 0.29) is 5.91 Å². The molecule has 0 saturated carbocycles. The SMILES string of the molecule is CCNC(=NCCC(=O)N1CCc2sccc2C1)NCCc1cc(C)ccc1OC. The number of aliphatic imine (C=N–C) groups is 1. The van der Waals surface area contributed by atoms with E-state index < -0.39 is 0 Å². The Labute approximate surface area is 183 Å². The van der Waals surface area contributed by atoms with E-state index in [1.165, 1.54) is 21.6 Å². The lowest BCUT2D eigenvalue weighted by Crippen LogP contribution is -2.39. The van der Waals surface area contributed by atoms with E-state index >= 15 is 0 Å². The summed E-state index contributed by atoms with van der Waals surface area (Å²) in [4.78, 5) is 20.5. The van der Waals surface area contributed by atoms with Gasteiger partial charge in [0.1, 0.15) is 5.75 Å². The molecule has 1 aliphatic heterocycles. The van der Waals surface area contributed by atoms with E-state index in [1.54, 1.807) is 18.4 Å². The van der Waals surface area contributed by atoms with Crippen LogP contribution in [0.5, 0.6) is 5.75 Å². The van der Waals surface area contributed by atoms with Crippen LogP contribution in [-0.4, -0.2) is 50.1 Å². The van der Waals surface area contributed by atoms with Gasteiger partial charge in [-0.25, -0.2) is 0 Å². The molecule has 0 atom stereocenters. The van der Waals surface area contributed by atoms with Gasteiger partial charge in [0.2, 0.25) is 5.91 Å². The van der Waals surface area contributed by atoms with Gasteiger partial charge in [-0.1, -0.05) is 17.7 Å². The van der Waals surface area contributed by atoms with Gasteiger partial charge in [-0.05, 0) is 55.3 Å². The molecule has 3 rings (SSSR count). The van der Waals surface area contributed by atoms with Crippen LogP contribution in [0.4, 0.5) is 0 Å². The average Bonchev–Trinajstić information content (AvgIpc) is 3.21. The van der Waals surface area contributed by atoms with Gasteiger partial charge in [0.05, 0.1) is 13.7 Å². The van der Waals surface area contributed by atoms with Crippen molar-refractivity contribution < 1.29 is 9.53 Å². The molecule has 30 heavy (non-hydrogen) atoms. The summed E-state index contributed by atoms with van der Waals surface area (Å²) in [6, 6.07) is 8.35. The molecule has 0 bridgehead atoms. The zero-order valence-electron chi connectivity index (χ0n) is 18.2. The lowest BCUT2D eigenvalue weighted by atomic mass is 10.1. The van der Waals surface area contributed by atoms with Crippen molar-refractivity contribution in [2.45, 2.75) is 39.7 Å². The van der Waals surface area contributed by atoms with Crippen molar-refractivity contribution in [1.82, 2.24) is 15.5 Å². The maximum absolute atomic E-state index is 12.6. The van der Waals surface area contributed by atoms with Gasteiger partial charge >= 0.3 is 0 Å². The first-order valence-electron chi connectivity index (χ1n) is 10.6. The van der Waals surface area contributed by atoms with Gasteiger partial charge in [-0.3, -0.25) is 9.79 Å². The fourth-order valence-corrected chi connectivity index (χ4v) is 4.53. The van der Waals surface area contributed by atoms with Crippen molar-refractivity contribution in [3.8, 4) is 5.75 Å². The molecule has 1 amide bonds. The molecule has 1 aliphatic rings. The molecule has 1 aromatic carbocycles. The minimum absolute atomic E-state index is 0.177. The Morgan fingerprint density at radius 3 is 2.97 bits per heavy atom. The largest absolute Gasteiger partial charge is 0.496 e. The van der Waals surface area contributed by atoms with Crippen molar-refractivity contribution in [2.75, 3.05) is 33.3 Å². The number of amides is 1. The molecule has 0 radical (unpaired) electrons. The number of carbonyl (C=O) groups is 1. The van der Waals surface area contributed by atoms with Crippen molar-refractivity contribution in [1.29, 1.82) is 0 Å². The van der Waals surface area contributed by atoms with Gasteiger partial charge in [0, 0.05) is 37.5 Å². The number of ether oxygens (including phenoxy) is 1. The molecule has 0 aliphatic carbocycles. The first-order valence-corrected chi connectivity index (χ1v) is 11.5. The summed E-state index contributed by atoms with van der Waals surface area (Å²) < 4.78 is 5.46. The Morgan fingerprint density at radius 2 is 2.17 bits per heavy atom. The Kier molecular flexibility index (Phi) is 8.13. The van der Waals surface area contributed by atoms with Crippen LogP contribution in [-0.2, 0) is 24.2 Å². The van der Waals surface area contributed by atoms with E-state index in [0.717, 1.165) is 50.7 Å². The monoisotopic (exact) mass is 428 g/mol. The Hall–Kier alpha value is -2.54. The second-order valence-corrected chi connectivity index (χ2v) is 8.44. The number of methoxy groups -OCH3 is 1. The van der Waals surface area contributed by atoms with Crippen molar-refractivity contribution in [3.63, 3.8) is 0 Å². The molecular formula is C23H32N4O2S. The van der Waals surface area contributed by atoms with Crippen LogP contribution < -0.4 is 15.4 Å². The standard InChI is InChI=1S/C23H32N4O2S/c1-4-24-23(25-11-7-18-15-17(2)5-6-20(18)29-3)26-12-8-22(28)27-13-9-21-19(16-27)10-14-30-21/h5-6,10,14-15H,4,7-9,11-13,16H2,1-3H3,(H2,24,25,26). The number of guanidine groups is 1. The predicted octanol–water partition coefficient (Wildman–Crippen LogP) is 3.14. The summed E-state index contributed by atoms with van der Waals surface area (Å²) in [7, 11) is 1.70. The average molecular weight is 429 g/mol. The smallest absolute Gasteiger partial charge is 0.224 e. The summed E-state index contributed by atoms with van der Waals surface area (Å²) in [6.45, 7) is 7.67. The topological polar surface area (TPSA) is 66.0 Å². The molecule has 162 valence electrons. The van der Waals surface area contributed by atoms with Crippen LogP contribution in [0, 0.1) is 6.92 Å². The fourth-order valence-electron chi connectivity index (χ4n) is 3.64. The summed E-state index contributed by atoms with van der Waals surface area (Å²) >= 11 is 1.79. The fraction of sp³-hybridized carbons (Fsp3) is 0.478. The third-order valence-electron chi connectivity index (χ3n) is 5.22. The highest BCUT2D eigenvalue weighted by Gasteiger charge is 2.20. The zero-order chi connectivity index (χ0) is 21.3. The first-order chi connectivity index (χ1) is 14.6. The van der Waals surface area contributed by atoms with Gasteiger partial charge < -0.3 is 20.3 Å². The first kappa shape index (κ1) is 22.2. The highest BCUT2D eigenvalue weighted by molar-refractivity contribution is 7.10. The maximum Gasteiger partial charge on any atom is 0.224 e. The molecule has 0 unspecified atom stereocenters. The Balaban J connectivity index is 1.47. The summed E-state index contributed by atoms with van der Waals surface area (Å²) in [5, 5.41) is 8.73. The van der Waals surface area contributed by atoms with Crippen LogP contribution in [0.25, 0.3) is 0 Å². The van der Waals surface area contributed by atoms with Crippen LogP contribution >= 0.6 is 11.3 Å². The Bertz CT molecular complexity index is 878. The maximum atomic E-state index is 12.6. The molecule has 6 nitrogen and oxygen atoms in total. The van der Waals surface area contributed by atoms with E-state index in [1.807, 2.05) is 17.9 Å². The molecule has 7 heteroatoms. The van der Waals surface area contributed by atoms with Crippen molar-refractivity contribution >= 4 is 23.2 Å². The molecular weight excluding hydrogens is 396 g/mol. The van der Waals surface area contributed by atoms with Gasteiger partial charge in [0.25, 0.3) is 0 Å². The molecule has 2 aromatic rings. The lowest BCUT2D eigenvalue weighted by molar-refractivity contribution is -0.131. The number of hydrogen-bond acceptors (Lipinski definition) is 4. The number of hydrogen-bond donors (Lipinski definition) is 2. The zero-order valence-corrected chi connectivity index (χ0v) is 19.0. The van der Waals surface area contributed by atoms with Crippen molar-refractivity contribution in [2.24, 2.45) is 4.99 Å². The predicted molar refractivity (Wildman–Crippen MR) is 123 cm³/mol. The number of rotatable bonds is 8. The number of thiophene rings is 1. The van der Waals surface area contributed by atoms with E-state index in [4.69, 9.17) is 4.74 Å². The molecule has 1 aromatic heterocycles. The van der Waals surface area contributed by atoms with Gasteiger partial charge in [-0.2, -0.15) is 0 Å². The Morgan fingerprint density at radius 1 is 1.30 bits per heavy atom. The number of fused-ring (bicyclic) bond motifs is 1. The third kappa shape index (κ3) is 5.98. The normalized spacial score (nSPS) is 13.7. The summed E-state index contributed by atoms with van der Waals surface area (Å²) in [5.74, 6) is 1.83. The number of aryl methyl sites for hydroxylation is 1. The summed E-state index contributed by atoms with van der Waals surface area (Å²) in [5.41, 5.74) is 3.69. The van der Waals surface area contributed by atoms with Crippen LogP contribution in [0.3, 0.4) is 0 Å². The molecule has 2 N–H and O–H groups in total. The summed E-state index contributed by atoms with van der Waals surface area (Å²) in [6.07, 6.45) is 2.24. The highest BCUT2D eigenvalue weighted by Crippen LogP contribution is 2.24. The molecule has 0 spiro atoms. The number of nitrogens with zero attached hydrogens (tertiary/aromatic N) is 2.